The van der Waals surface area contributed by atoms with Crippen molar-refractivity contribution in [1.29, 1.82) is 0 Å². The zero-order chi connectivity index (χ0) is 17.1. The van der Waals surface area contributed by atoms with Gasteiger partial charge < -0.3 is 15.0 Å². The van der Waals surface area contributed by atoms with Gasteiger partial charge in [-0.05, 0) is 37.3 Å². The van der Waals surface area contributed by atoms with Gasteiger partial charge in [0.05, 0.1) is 6.61 Å². The molecule has 4 nitrogen and oxygen atoms in total. The molecule has 0 aliphatic carbocycles. The van der Waals surface area contributed by atoms with E-state index in [1.165, 1.54) is 0 Å². The first-order valence-electron chi connectivity index (χ1n) is 8.28. The molecular weight excluding hydrogens is 321 g/mol. The fourth-order valence-electron chi connectivity index (χ4n) is 3.31. The molecule has 0 saturated carbocycles. The third kappa shape index (κ3) is 4.08. The lowest BCUT2D eigenvalue weighted by Crippen LogP contribution is -2.45. The highest BCUT2D eigenvalue weighted by molar-refractivity contribution is 5.94. The van der Waals surface area contributed by atoms with Crippen LogP contribution in [0.2, 0.25) is 0 Å². The number of piperidine rings is 1. The van der Waals surface area contributed by atoms with Gasteiger partial charge in [0.15, 0.2) is 17.5 Å². The average molecular weight is 342 g/mol. The van der Waals surface area contributed by atoms with Crippen LogP contribution >= 0.6 is 0 Å². The van der Waals surface area contributed by atoms with Crippen molar-refractivity contribution in [1.82, 2.24) is 10.2 Å². The molecule has 1 N–H and O–H groups in total. The normalized spacial score (nSPS) is 22.7. The van der Waals surface area contributed by atoms with E-state index < -0.39 is 23.4 Å². The first-order chi connectivity index (χ1) is 11.5. The van der Waals surface area contributed by atoms with Gasteiger partial charge in [-0.2, -0.15) is 0 Å². The van der Waals surface area contributed by atoms with Crippen molar-refractivity contribution in [2.45, 2.75) is 25.3 Å². The van der Waals surface area contributed by atoms with Crippen LogP contribution in [0.25, 0.3) is 0 Å². The maximum atomic E-state index is 13.2. The number of hydrogen-bond acceptors (Lipinski definition) is 3. The maximum Gasteiger partial charge on any atom is 0.251 e. The Hall–Kier alpha value is -1.60. The summed E-state index contributed by atoms with van der Waals surface area (Å²) in [5.74, 6) is -4.25. The van der Waals surface area contributed by atoms with Gasteiger partial charge in [0.2, 0.25) is 0 Å². The Bertz CT molecular complexity index is 574. The maximum absolute atomic E-state index is 13.2. The lowest BCUT2D eigenvalue weighted by atomic mass is 10.0. The number of benzene rings is 1. The summed E-state index contributed by atoms with van der Waals surface area (Å²) < 4.78 is 44.7. The van der Waals surface area contributed by atoms with Crippen LogP contribution in [0.1, 0.15) is 29.6 Å². The van der Waals surface area contributed by atoms with Gasteiger partial charge >= 0.3 is 0 Å². The predicted octanol–water partition coefficient (Wildman–Crippen LogP) is 2.33. The molecule has 1 amide bonds. The number of halogens is 3. The first kappa shape index (κ1) is 17.2. The number of hydrogen-bond donors (Lipinski definition) is 1. The number of nitrogens with one attached hydrogen (secondary N) is 1. The average Bonchev–Trinajstić information content (AvgIpc) is 3.07. The van der Waals surface area contributed by atoms with Crippen LogP contribution in [0, 0.1) is 23.4 Å². The van der Waals surface area contributed by atoms with Crippen molar-refractivity contribution < 1.29 is 22.7 Å². The lowest BCUT2D eigenvalue weighted by Gasteiger charge is -2.33. The van der Waals surface area contributed by atoms with E-state index in [-0.39, 0.29) is 11.6 Å². The van der Waals surface area contributed by atoms with Gasteiger partial charge in [-0.25, -0.2) is 13.2 Å². The Morgan fingerprint density at radius 2 is 1.83 bits per heavy atom. The number of nitrogens with zero attached hydrogens (tertiary/aromatic N) is 1. The molecule has 132 valence electrons. The fourth-order valence-corrected chi connectivity index (χ4v) is 3.31. The number of rotatable bonds is 4. The zero-order valence-corrected chi connectivity index (χ0v) is 13.4. The number of amides is 1. The van der Waals surface area contributed by atoms with Crippen molar-refractivity contribution >= 4 is 5.91 Å². The van der Waals surface area contributed by atoms with Crippen LogP contribution in [0.5, 0.6) is 0 Å². The van der Waals surface area contributed by atoms with E-state index in [2.05, 4.69) is 10.2 Å². The smallest absolute Gasteiger partial charge is 0.251 e. The largest absolute Gasteiger partial charge is 0.381 e. The van der Waals surface area contributed by atoms with Crippen LogP contribution in [-0.2, 0) is 4.74 Å². The van der Waals surface area contributed by atoms with E-state index in [0.29, 0.717) is 5.92 Å². The van der Waals surface area contributed by atoms with E-state index in [1.54, 1.807) is 0 Å². The van der Waals surface area contributed by atoms with Crippen LogP contribution in [0.3, 0.4) is 0 Å². The predicted molar refractivity (Wildman–Crippen MR) is 82.2 cm³/mol. The van der Waals surface area contributed by atoms with E-state index in [9.17, 15) is 18.0 Å². The Morgan fingerprint density at radius 3 is 2.42 bits per heavy atom. The third-order valence-corrected chi connectivity index (χ3v) is 4.71. The summed E-state index contributed by atoms with van der Waals surface area (Å²) in [4.78, 5) is 14.5. The molecule has 0 bridgehead atoms. The molecular formula is C17H21F3N2O2. The standard InChI is InChI=1S/C17H21F3N2O2/c18-14-7-12(8-15(19)16(14)20)17(23)21-13-1-4-22(5-2-13)9-11-3-6-24-10-11/h7-8,11,13H,1-6,9-10H2,(H,21,23). The van der Waals surface area contributed by atoms with Crippen molar-refractivity contribution in [3.05, 3.63) is 35.1 Å². The Kier molecular flexibility index (Phi) is 5.40. The second-order valence-corrected chi connectivity index (χ2v) is 6.53. The molecule has 0 radical (unpaired) electrons. The van der Waals surface area contributed by atoms with Gasteiger partial charge in [0.1, 0.15) is 0 Å². The summed E-state index contributed by atoms with van der Waals surface area (Å²) in [6.07, 6.45) is 2.66. The first-order valence-corrected chi connectivity index (χ1v) is 8.28. The van der Waals surface area contributed by atoms with E-state index in [1.807, 2.05) is 0 Å². The molecule has 3 rings (SSSR count). The van der Waals surface area contributed by atoms with E-state index >= 15 is 0 Å². The van der Waals surface area contributed by atoms with Gasteiger partial charge in [-0.15, -0.1) is 0 Å². The molecule has 2 fully saturated rings. The van der Waals surface area contributed by atoms with Gasteiger partial charge in [-0.1, -0.05) is 0 Å². The molecule has 0 spiro atoms. The van der Waals surface area contributed by atoms with Crippen molar-refractivity contribution in [2.75, 3.05) is 32.8 Å². The highest BCUT2D eigenvalue weighted by Gasteiger charge is 2.25. The van der Waals surface area contributed by atoms with Crippen LogP contribution < -0.4 is 5.32 Å². The molecule has 1 atom stereocenters. The highest BCUT2D eigenvalue weighted by atomic mass is 19.2. The molecule has 2 heterocycles. The zero-order valence-electron chi connectivity index (χ0n) is 13.4. The molecule has 2 aliphatic rings. The molecule has 0 aromatic heterocycles. The van der Waals surface area contributed by atoms with Crippen LogP contribution in [0.4, 0.5) is 13.2 Å². The highest BCUT2D eigenvalue weighted by Crippen LogP contribution is 2.18. The number of carbonyl (C=O) groups is 1. The number of likely N-dealkylation sites (tertiary alicyclic amines) is 1. The minimum atomic E-state index is -1.56. The molecule has 7 heteroatoms. The summed E-state index contributed by atoms with van der Waals surface area (Å²) in [7, 11) is 0. The Labute approximate surface area is 139 Å². The summed E-state index contributed by atoms with van der Waals surface area (Å²) in [6, 6.07) is 1.41. The van der Waals surface area contributed by atoms with Gasteiger partial charge in [0.25, 0.3) is 5.91 Å². The molecule has 2 saturated heterocycles. The van der Waals surface area contributed by atoms with Crippen molar-refractivity contribution in [3.63, 3.8) is 0 Å². The van der Waals surface area contributed by atoms with Crippen LogP contribution in [0.15, 0.2) is 12.1 Å². The second-order valence-electron chi connectivity index (χ2n) is 6.53. The molecule has 1 unspecified atom stereocenters. The minimum absolute atomic E-state index is 0.0373. The summed E-state index contributed by atoms with van der Waals surface area (Å²) in [5, 5.41) is 2.78. The van der Waals surface area contributed by atoms with Gasteiger partial charge in [0, 0.05) is 37.8 Å². The van der Waals surface area contributed by atoms with Gasteiger partial charge in [-0.3, -0.25) is 4.79 Å². The summed E-state index contributed by atoms with van der Waals surface area (Å²) >= 11 is 0. The van der Waals surface area contributed by atoms with Crippen molar-refractivity contribution in [3.8, 4) is 0 Å². The number of ether oxygens (including phenoxy) is 1. The van der Waals surface area contributed by atoms with E-state index in [0.717, 1.165) is 64.2 Å². The fraction of sp³-hybridized carbons (Fsp3) is 0.588. The third-order valence-electron chi connectivity index (χ3n) is 4.71. The number of carbonyl (C=O) groups excluding carboxylic acids is 1. The monoisotopic (exact) mass is 342 g/mol. The Morgan fingerprint density at radius 1 is 1.17 bits per heavy atom. The lowest BCUT2D eigenvalue weighted by molar-refractivity contribution is 0.0902. The molecule has 1 aromatic rings. The molecule has 24 heavy (non-hydrogen) atoms. The van der Waals surface area contributed by atoms with Crippen LogP contribution in [-0.4, -0.2) is 49.7 Å². The molecule has 2 aliphatic heterocycles. The van der Waals surface area contributed by atoms with Crippen molar-refractivity contribution in [2.24, 2.45) is 5.92 Å². The summed E-state index contributed by atoms with van der Waals surface area (Å²) in [6.45, 7) is 4.40. The topological polar surface area (TPSA) is 41.6 Å². The quantitative estimate of drug-likeness (QED) is 0.854. The SMILES string of the molecule is O=C(NC1CCN(CC2CCOC2)CC1)c1cc(F)c(F)c(F)c1. The van der Waals surface area contributed by atoms with E-state index in [4.69, 9.17) is 4.74 Å². The molecule has 1 aromatic carbocycles. The minimum Gasteiger partial charge on any atom is -0.381 e. The second kappa shape index (κ2) is 7.53. The summed E-state index contributed by atoms with van der Waals surface area (Å²) in [5.41, 5.74) is -0.197. The Balaban J connectivity index is 1.49.